The van der Waals surface area contributed by atoms with E-state index in [0.29, 0.717) is 65.8 Å². The zero-order chi connectivity index (χ0) is 23.4. The quantitative estimate of drug-likeness (QED) is 0.400. The maximum Gasteiger partial charge on any atom is 0.152 e. The first-order valence-corrected chi connectivity index (χ1v) is 13.1. The van der Waals surface area contributed by atoms with Gasteiger partial charge in [-0.15, -0.1) is 5.10 Å². The highest BCUT2D eigenvalue weighted by molar-refractivity contribution is 7.91. The van der Waals surface area contributed by atoms with Gasteiger partial charge in [0.2, 0.25) is 0 Å². The van der Waals surface area contributed by atoms with Crippen LogP contribution in [0.15, 0.2) is 6.20 Å². The summed E-state index contributed by atoms with van der Waals surface area (Å²) in [6, 6.07) is 0. The molecule has 2 heterocycles. The maximum absolute atomic E-state index is 11.4. The fraction of sp³-hybridized carbons (Fsp3) is 0.900. The van der Waals surface area contributed by atoms with E-state index in [1.54, 1.807) is 4.68 Å². The van der Waals surface area contributed by atoms with Crippen LogP contribution in [0.3, 0.4) is 0 Å². The number of nitrogens with zero attached hydrogens (tertiary/aromatic N) is 4. The molecule has 1 aliphatic rings. The van der Waals surface area contributed by atoms with Crippen LogP contribution in [-0.4, -0.2) is 106 Å². The lowest BCUT2D eigenvalue weighted by molar-refractivity contribution is 0.0134. The topological polar surface area (TPSA) is 108 Å². The Hall–Kier alpha value is -1.11. The van der Waals surface area contributed by atoms with Crippen LogP contribution in [-0.2, 0) is 37.1 Å². The summed E-state index contributed by atoms with van der Waals surface area (Å²) in [6.07, 6.45) is 1.88. The lowest BCUT2D eigenvalue weighted by Gasteiger charge is -2.25. The highest BCUT2D eigenvalue weighted by Gasteiger charge is 2.22. The Balaban J connectivity index is 0.00000212. The molecule has 0 bridgehead atoms. The van der Waals surface area contributed by atoms with Crippen LogP contribution in [0.1, 0.15) is 33.4 Å². The smallest absolute Gasteiger partial charge is 0.152 e. The monoisotopic (exact) mass is 465 g/mol. The van der Waals surface area contributed by atoms with Crippen molar-refractivity contribution in [3.8, 4) is 0 Å². The number of likely N-dealkylation sites (N-methyl/N-ethyl adjacent to an activating group) is 1. The molecule has 11 heteroatoms. The number of ether oxygens (including phenoxy) is 3. The molecule has 0 saturated carbocycles. The second-order valence-corrected chi connectivity index (χ2v) is 8.65. The number of sulfone groups is 1. The average molecular weight is 466 g/mol. The molecule has 2 rings (SSSR count). The van der Waals surface area contributed by atoms with Gasteiger partial charge in [0, 0.05) is 32.4 Å². The van der Waals surface area contributed by atoms with Gasteiger partial charge in [0.15, 0.2) is 9.84 Å². The molecule has 0 aliphatic carbocycles. The summed E-state index contributed by atoms with van der Waals surface area (Å²) in [6.45, 7) is 14.6. The Bertz CT molecular complexity index is 613. The number of hydrogen-bond acceptors (Lipinski definition) is 9. The van der Waals surface area contributed by atoms with Crippen molar-refractivity contribution in [1.82, 2.24) is 25.2 Å². The molecule has 1 fully saturated rings. The third-order valence-corrected chi connectivity index (χ3v) is 5.72. The van der Waals surface area contributed by atoms with Gasteiger partial charge in [-0.1, -0.05) is 32.9 Å². The van der Waals surface area contributed by atoms with Crippen LogP contribution >= 0.6 is 0 Å². The van der Waals surface area contributed by atoms with Crippen molar-refractivity contribution in [2.75, 3.05) is 77.8 Å². The summed E-state index contributed by atoms with van der Waals surface area (Å²) in [5.74, 6) is 0.443. The van der Waals surface area contributed by atoms with E-state index in [4.69, 9.17) is 14.2 Å². The molecule has 1 aliphatic heterocycles. The summed E-state index contributed by atoms with van der Waals surface area (Å²) in [5, 5.41) is 11.2. The van der Waals surface area contributed by atoms with Crippen LogP contribution in [0.4, 0.5) is 0 Å². The van der Waals surface area contributed by atoms with Crippen molar-refractivity contribution in [3.63, 3.8) is 0 Å². The van der Waals surface area contributed by atoms with Gasteiger partial charge < -0.3 is 19.5 Å². The van der Waals surface area contributed by atoms with Crippen LogP contribution in [0.2, 0.25) is 0 Å². The summed E-state index contributed by atoms with van der Waals surface area (Å²) in [7, 11) is -0.962. The molecular weight excluding hydrogens is 422 g/mol. The lowest BCUT2D eigenvalue weighted by atomic mass is 10.4. The molecule has 1 saturated heterocycles. The van der Waals surface area contributed by atoms with Gasteiger partial charge in [-0.05, 0) is 7.05 Å². The van der Waals surface area contributed by atoms with Crippen LogP contribution in [0.5, 0.6) is 0 Å². The number of aromatic nitrogens is 3. The van der Waals surface area contributed by atoms with Crippen LogP contribution in [0.25, 0.3) is 0 Å². The van der Waals surface area contributed by atoms with E-state index in [1.807, 2.05) is 40.9 Å². The Labute approximate surface area is 188 Å². The highest BCUT2D eigenvalue weighted by atomic mass is 32.2. The molecule has 1 aromatic heterocycles. The van der Waals surface area contributed by atoms with E-state index < -0.39 is 9.84 Å². The van der Waals surface area contributed by atoms with Crippen molar-refractivity contribution < 1.29 is 22.6 Å². The predicted octanol–water partition coefficient (Wildman–Crippen LogP) is 0.830. The Kier molecular flexibility index (Phi) is 18.9. The minimum absolute atomic E-state index is 0.221. The third-order valence-electron chi connectivity index (χ3n) is 4.11. The minimum Gasteiger partial charge on any atom is -0.378 e. The molecule has 0 amide bonds. The van der Waals surface area contributed by atoms with Crippen LogP contribution in [0, 0.1) is 0 Å². The lowest BCUT2D eigenvalue weighted by Crippen LogP contribution is -2.39. The first-order valence-electron chi connectivity index (χ1n) is 11.3. The van der Waals surface area contributed by atoms with Gasteiger partial charge in [-0.25, -0.2) is 13.1 Å². The molecule has 0 radical (unpaired) electrons. The molecule has 1 N–H and O–H groups in total. The molecule has 0 unspecified atom stereocenters. The first-order chi connectivity index (χ1) is 15.1. The predicted molar refractivity (Wildman–Crippen MR) is 123 cm³/mol. The van der Waals surface area contributed by atoms with Crippen molar-refractivity contribution in [3.05, 3.63) is 11.9 Å². The maximum atomic E-state index is 11.4. The SMILES string of the molecule is CC.CC.CNCCOCCOCCOCCn1cc(CN2CCS(=O)(=O)CC2)nn1. The van der Waals surface area contributed by atoms with E-state index in [-0.39, 0.29) is 11.5 Å². The average Bonchev–Trinajstić information content (AvgIpc) is 3.23. The zero-order valence-electron chi connectivity index (χ0n) is 20.0. The third kappa shape index (κ3) is 15.4. The summed E-state index contributed by atoms with van der Waals surface area (Å²) in [4.78, 5) is 2.09. The van der Waals surface area contributed by atoms with Crippen LogP contribution < -0.4 is 5.32 Å². The fourth-order valence-corrected chi connectivity index (χ4v) is 3.81. The van der Waals surface area contributed by atoms with E-state index in [0.717, 1.165) is 12.2 Å². The molecule has 10 nitrogen and oxygen atoms in total. The van der Waals surface area contributed by atoms with Gasteiger partial charge in [0.05, 0.1) is 63.4 Å². The summed E-state index contributed by atoms with van der Waals surface area (Å²) >= 11 is 0. The standard InChI is InChI=1S/C16H31N5O5S.2C2H6/c1-17-2-6-24-8-10-26-11-9-25-7-3-21-15-16(18-19-21)14-20-4-12-27(22,23)13-5-20;2*1-2/h15,17H,2-14H2,1H3;2*1-2H3. The van der Waals surface area contributed by atoms with E-state index in [2.05, 4.69) is 20.5 Å². The minimum atomic E-state index is -2.85. The molecule has 31 heavy (non-hydrogen) atoms. The van der Waals surface area contributed by atoms with Crippen molar-refractivity contribution in [1.29, 1.82) is 0 Å². The van der Waals surface area contributed by atoms with Crippen molar-refractivity contribution in [2.24, 2.45) is 0 Å². The number of rotatable bonds is 14. The largest absolute Gasteiger partial charge is 0.378 e. The Morgan fingerprint density at radius 2 is 1.48 bits per heavy atom. The number of hydrogen-bond donors (Lipinski definition) is 1. The Morgan fingerprint density at radius 1 is 0.935 bits per heavy atom. The molecule has 0 aromatic carbocycles. The van der Waals surface area contributed by atoms with Gasteiger partial charge in [-0.3, -0.25) is 4.90 Å². The van der Waals surface area contributed by atoms with E-state index in [9.17, 15) is 8.42 Å². The summed E-state index contributed by atoms with van der Waals surface area (Å²) < 4.78 is 40.9. The van der Waals surface area contributed by atoms with Crippen molar-refractivity contribution in [2.45, 2.75) is 40.8 Å². The van der Waals surface area contributed by atoms with Crippen molar-refractivity contribution >= 4 is 9.84 Å². The van der Waals surface area contributed by atoms with E-state index in [1.165, 1.54) is 0 Å². The van der Waals surface area contributed by atoms with Gasteiger partial charge in [0.1, 0.15) is 0 Å². The highest BCUT2D eigenvalue weighted by Crippen LogP contribution is 2.07. The summed E-state index contributed by atoms with van der Waals surface area (Å²) in [5.41, 5.74) is 0.843. The number of nitrogens with one attached hydrogen (secondary N) is 1. The fourth-order valence-electron chi connectivity index (χ4n) is 2.53. The molecule has 0 spiro atoms. The normalized spacial score (nSPS) is 15.5. The molecular formula is C20H43N5O5S. The molecule has 0 atom stereocenters. The second kappa shape index (κ2) is 19.6. The molecule has 1 aromatic rings. The second-order valence-electron chi connectivity index (χ2n) is 6.34. The first kappa shape index (κ1) is 29.9. The van der Waals surface area contributed by atoms with Gasteiger partial charge in [-0.2, -0.15) is 0 Å². The zero-order valence-corrected chi connectivity index (χ0v) is 20.8. The van der Waals surface area contributed by atoms with Gasteiger partial charge >= 0.3 is 0 Å². The van der Waals surface area contributed by atoms with Gasteiger partial charge in [0.25, 0.3) is 0 Å². The van der Waals surface area contributed by atoms with E-state index >= 15 is 0 Å². The Morgan fingerprint density at radius 3 is 2.06 bits per heavy atom. The molecule has 184 valence electrons.